The van der Waals surface area contributed by atoms with Gasteiger partial charge < -0.3 is 19.8 Å². The maximum absolute atomic E-state index is 14.3. The van der Waals surface area contributed by atoms with Gasteiger partial charge in [-0.3, -0.25) is 14.4 Å². The molecule has 3 heterocycles. The summed E-state index contributed by atoms with van der Waals surface area (Å²) in [7, 11) is 1.75. The van der Waals surface area contributed by atoms with E-state index >= 15 is 0 Å². The van der Waals surface area contributed by atoms with Crippen molar-refractivity contribution in [3.05, 3.63) is 25.3 Å². The molecular weight excluding hydrogens is 462 g/mol. The van der Waals surface area contributed by atoms with Crippen molar-refractivity contribution in [2.75, 3.05) is 33.3 Å². The molecule has 1 spiro atoms. The average Bonchev–Trinajstić information content (AvgIpc) is 3.37. The maximum Gasteiger partial charge on any atom is 0.247 e. The van der Waals surface area contributed by atoms with Crippen LogP contribution in [0.2, 0.25) is 0 Å². The number of hydrogen-bond donors (Lipinski definition) is 1. The van der Waals surface area contributed by atoms with E-state index in [0.717, 1.165) is 19.3 Å². The van der Waals surface area contributed by atoms with Crippen LogP contribution in [0.15, 0.2) is 25.3 Å². The Morgan fingerprint density at radius 2 is 1.89 bits per heavy atom. The number of aliphatic hydroxyl groups excluding tert-OH is 1. The third-order valence-corrected chi connectivity index (χ3v) is 10.2. The average molecular weight is 506 g/mol. The molecule has 2 unspecified atom stereocenters. The van der Waals surface area contributed by atoms with E-state index in [2.05, 4.69) is 27.0 Å². The first-order chi connectivity index (χ1) is 16.5. The number of rotatable bonds is 12. The fourth-order valence-electron chi connectivity index (χ4n) is 6.49. The Morgan fingerprint density at radius 3 is 2.43 bits per heavy atom. The van der Waals surface area contributed by atoms with E-state index in [1.807, 2.05) is 18.7 Å². The number of thioether (sulfide) groups is 1. The number of hydrogen-bond acceptors (Lipinski definition) is 5. The van der Waals surface area contributed by atoms with E-state index in [0.29, 0.717) is 26.1 Å². The summed E-state index contributed by atoms with van der Waals surface area (Å²) in [5, 5.41) is 10.3. The summed E-state index contributed by atoms with van der Waals surface area (Å²) in [6.07, 6.45) is 6.71. The highest BCUT2D eigenvalue weighted by Crippen LogP contribution is 2.72. The zero-order valence-corrected chi connectivity index (χ0v) is 22.9. The van der Waals surface area contributed by atoms with Crippen molar-refractivity contribution >= 4 is 29.5 Å². The van der Waals surface area contributed by atoms with Crippen molar-refractivity contribution in [2.24, 2.45) is 17.8 Å². The van der Waals surface area contributed by atoms with Gasteiger partial charge in [0.15, 0.2) is 0 Å². The summed E-state index contributed by atoms with van der Waals surface area (Å²) in [5.41, 5.74) is 0. The molecule has 1 N–H and O–H groups in total. The van der Waals surface area contributed by atoms with Crippen molar-refractivity contribution in [1.29, 1.82) is 0 Å². The molecule has 0 radical (unpaired) electrons. The molecule has 0 aromatic rings. The third-order valence-electron chi connectivity index (χ3n) is 8.25. The Morgan fingerprint density at radius 1 is 1.23 bits per heavy atom. The smallest absolute Gasteiger partial charge is 0.247 e. The first-order valence-electron chi connectivity index (χ1n) is 12.9. The van der Waals surface area contributed by atoms with E-state index in [1.54, 1.807) is 40.8 Å². The molecule has 3 amide bonds. The lowest BCUT2D eigenvalue weighted by Gasteiger charge is -2.40. The Kier molecular flexibility index (Phi) is 8.47. The van der Waals surface area contributed by atoms with Crippen LogP contribution >= 0.6 is 11.8 Å². The summed E-state index contributed by atoms with van der Waals surface area (Å²) in [5.74, 6) is -1.43. The van der Waals surface area contributed by atoms with Crippen LogP contribution in [-0.2, 0) is 14.4 Å². The monoisotopic (exact) mass is 505 g/mol. The topological polar surface area (TPSA) is 81.2 Å². The zero-order chi connectivity index (χ0) is 26.1. The van der Waals surface area contributed by atoms with Gasteiger partial charge in [0.05, 0.1) is 29.2 Å². The standard InChI is InChI=1S/C27H43N3O4S/c1-8-11-16-29(15-10-3)25(34)22-27-13-12-26(6,35-27)20(23(32)28(7)14-9-2)21(27)24(33)30(22)19(17-31)18(4)5/h9-10,18-22,31H,2-3,8,11-17H2,1,4-7H3/t19-,20+,21-,22?,26-,27?/m0/s1. The molecule has 3 aliphatic heterocycles. The van der Waals surface area contributed by atoms with E-state index in [1.165, 1.54) is 0 Å². The van der Waals surface area contributed by atoms with Gasteiger partial charge in [0.2, 0.25) is 17.7 Å². The van der Waals surface area contributed by atoms with Gasteiger partial charge in [-0.25, -0.2) is 0 Å². The van der Waals surface area contributed by atoms with Gasteiger partial charge in [-0.1, -0.05) is 39.3 Å². The minimum Gasteiger partial charge on any atom is -0.394 e. The molecule has 7 nitrogen and oxygen atoms in total. The molecule has 8 heteroatoms. The molecule has 3 fully saturated rings. The van der Waals surface area contributed by atoms with Crippen molar-refractivity contribution in [2.45, 2.75) is 75.0 Å². The Bertz CT molecular complexity index is 863. The van der Waals surface area contributed by atoms with Crippen LogP contribution in [0.25, 0.3) is 0 Å². The highest BCUT2D eigenvalue weighted by Gasteiger charge is 2.78. The molecule has 2 bridgehead atoms. The van der Waals surface area contributed by atoms with Crippen LogP contribution in [0.3, 0.4) is 0 Å². The van der Waals surface area contributed by atoms with Crippen LogP contribution < -0.4 is 0 Å². The molecule has 35 heavy (non-hydrogen) atoms. The molecule has 3 saturated heterocycles. The van der Waals surface area contributed by atoms with E-state index in [4.69, 9.17) is 0 Å². The van der Waals surface area contributed by atoms with Crippen LogP contribution in [-0.4, -0.2) is 92.4 Å². The summed E-state index contributed by atoms with van der Waals surface area (Å²) < 4.78 is -1.08. The summed E-state index contributed by atoms with van der Waals surface area (Å²) >= 11 is 1.68. The Labute approximate surface area is 215 Å². The largest absolute Gasteiger partial charge is 0.394 e. The number of unbranched alkanes of at least 4 members (excludes halogenated alkanes) is 1. The van der Waals surface area contributed by atoms with Gasteiger partial charge in [0.1, 0.15) is 6.04 Å². The van der Waals surface area contributed by atoms with Crippen molar-refractivity contribution in [3.8, 4) is 0 Å². The van der Waals surface area contributed by atoms with Crippen molar-refractivity contribution in [3.63, 3.8) is 0 Å². The number of fused-ring (bicyclic) bond motifs is 1. The van der Waals surface area contributed by atoms with Gasteiger partial charge in [-0.15, -0.1) is 24.9 Å². The third kappa shape index (κ3) is 4.45. The summed E-state index contributed by atoms with van der Waals surface area (Å²) in [6, 6.07) is -1.19. The highest BCUT2D eigenvalue weighted by atomic mass is 32.2. The second-order valence-corrected chi connectivity index (χ2v) is 12.8. The van der Waals surface area contributed by atoms with Crippen LogP contribution in [0.1, 0.15) is 53.4 Å². The number of carbonyl (C=O) groups is 3. The molecule has 0 aromatic carbocycles. The Hall–Kier alpha value is -1.80. The Balaban J connectivity index is 2.13. The molecule has 196 valence electrons. The van der Waals surface area contributed by atoms with E-state index < -0.39 is 33.4 Å². The van der Waals surface area contributed by atoms with E-state index in [-0.39, 0.29) is 30.2 Å². The van der Waals surface area contributed by atoms with Gasteiger partial charge in [0, 0.05) is 31.4 Å². The quantitative estimate of drug-likeness (QED) is 0.413. The first kappa shape index (κ1) is 27.8. The second-order valence-electron chi connectivity index (χ2n) is 10.9. The summed E-state index contributed by atoms with van der Waals surface area (Å²) in [4.78, 5) is 47.3. The number of amides is 3. The molecule has 3 rings (SSSR count). The summed E-state index contributed by atoms with van der Waals surface area (Å²) in [6.45, 7) is 16.9. The van der Waals surface area contributed by atoms with Crippen molar-refractivity contribution in [1.82, 2.24) is 14.7 Å². The number of likely N-dealkylation sites (N-methyl/N-ethyl adjacent to an activating group) is 1. The fourth-order valence-corrected chi connectivity index (χ4v) is 8.82. The molecule has 3 aliphatic rings. The molecule has 0 aliphatic carbocycles. The molecule has 0 aromatic heterocycles. The van der Waals surface area contributed by atoms with Gasteiger partial charge in [-0.2, -0.15) is 0 Å². The van der Waals surface area contributed by atoms with Crippen LogP contribution in [0.4, 0.5) is 0 Å². The molecule has 0 saturated carbocycles. The fraction of sp³-hybridized carbons (Fsp3) is 0.741. The van der Waals surface area contributed by atoms with Crippen LogP contribution in [0.5, 0.6) is 0 Å². The normalized spacial score (nSPS) is 32.0. The van der Waals surface area contributed by atoms with Gasteiger partial charge >= 0.3 is 0 Å². The number of carbonyl (C=O) groups excluding carboxylic acids is 3. The molecule has 6 atom stereocenters. The predicted molar refractivity (Wildman–Crippen MR) is 141 cm³/mol. The first-order valence-corrected chi connectivity index (χ1v) is 13.7. The van der Waals surface area contributed by atoms with Gasteiger partial charge in [-0.05, 0) is 32.1 Å². The van der Waals surface area contributed by atoms with Gasteiger partial charge in [0.25, 0.3) is 0 Å². The lowest BCUT2D eigenvalue weighted by molar-refractivity contribution is -0.148. The lowest BCUT2D eigenvalue weighted by atomic mass is 9.66. The predicted octanol–water partition coefficient (Wildman–Crippen LogP) is 2.94. The zero-order valence-electron chi connectivity index (χ0n) is 22.0. The van der Waals surface area contributed by atoms with E-state index in [9.17, 15) is 19.5 Å². The highest BCUT2D eigenvalue weighted by molar-refractivity contribution is 8.02. The second kappa shape index (κ2) is 10.7. The lowest BCUT2D eigenvalue weighted by Crippen LogP contribution is -2.58. The SMILES string of the molecule is C=CCN(C)C(=O)[C@H]1[C@H]2C(=O)N([C@@H](CO)C(C)C)C(C(=O)N(CC=C)CCCC)C23CC[C@]1(C)S3. The maximum atomic E-state index is 14.3. The molecular formula is C27H43N3O4S. The number of nitrogens with zero attached hydrogens (tertiary/aromatic N) is 3. The minimum atomic E-state index is -0.703. The number of aliphatic hydroxyl groups is 1. The number of likely N-dealkylation sites (tertiary alicyclic amines) is 1. The van der Waals surface area contributed by atoms with Crippen LogP contribution in [0, 0.1) is 17.8 Å². The minimum absolute atomic E-state index is 0.0339. The van der Waals surface area contributed by atoms with Crippen molar-refractivity contribution < 1.29 is 19.5 Å².